The Bertz CT molecular complexity index is 620. The van der Waals surface area contributed by atoms with Gasteiger partial charge in [0.2, 0.25) is 11.6 Å². The first-order valence-corrected chi connectivity index (χ1v) is 6.47. The molecule has 1 aromatic heterocycles. The van der Waals surface area contributed by atoms with Gasteiger partial charge in [-0.1, -0.05) is 6.07 Å². The standard InChI is InChI=1S/C14H12F2O2S/c1-8-6-10(9(2)19-8)12(17)7-18-13-5-3-4-11(15)14(13)16/h3-6H,7H2,1-2H3. The lowest BCUT2D eigenvalue weighted by atomic mass is 10.2. The maximum atomic E-state index is 13.3. The maximum absolute atomic E-state index is 13.3. The van der Waals surface area contributed by atoms with E-state index in [1.54, 1.807) is 6.07 Å². The Hall–Kier alpha value is -1.75. The zero-order valence-corrected chi connectivity index (χ0v) is 11.3. The molecule has 0 amide bonds. The average molecular weight is 282 g/mol. The van der Waals surface area contributed by atoms with Crippen LogP contribution in [0.1, 0.15) is 20.1 Å². The molecule has 0 saturated carbocycles. The molecular formula is C14H12F2O2S. The van der Waals surface area contributed by atoms with Crippen LogP contribution >= 0.6 is 11.3 Å². The molecule has 0 aliphatic rings. The van der Waals surface area contributed by atoms with E-state index in [0.717, 1.165) is 15.8 Å². The Morgan fingerprint density at radius 2 is 2.05 bits per heavy atom. The van der Waals surface area contributed by atoms with Gasteiger partial charge in [0, 0.05) is 15.3 Å². The predicted octanol–water partition coefficient (Wildman–Crippen LogP) is 3.90. The number of Topliss-reactive ketones (excluding diaryl/α,β-unsaturated/α-hetero) is 1. The van der Waals surface area contributed by atoms with Crippen molar-refractivity contribution in [3.8, 4) is 5.75 Å². The molecular weight excluding hydrogens is 270 g/mol. The number of ether oxygens (including phenoxy) is 1. The van der Waals surface area contributed by atoms with Gasteiger partial charge in [-0.05, 0) is 32.0 Å². The first-order chi connectivity index (χ1) is 8.99. The van der Waals surface area contributed by atoms with Crippen LogP contribution in [-0.2, 0) is 0 Å². The second-order valence-electron chi connectivity index (χ2n) is 4.09. The lowest BCUT2D eigenvalue weighted by molar-refractivity contribution is 0.0918. The number of hydrogen-bond acceptors (Lipinski definition) is 3. The predicted molar refractivity (Wildman–Crippen MR) is 70.0 cm³/mol. The van der Waals surface area contributed by atoms with E-state index in [9.17, 15) is 13.6 Å². The highest BCUT2D eigenvalue weighted by Gasteiger charge is 2.15. The molecule has 2 nitrogen and oxygen atoms in total. The Morgan fingerprint density at radius 3 is 2.68 bits per heavy atom. The minimum absolute atomic E-state index is 0.245. The van der Waals surface area contributed by atoms with Crippen molar-refractivity contribution in [2.24, 2.45) is 0 Å². The van der Waals surface area contributed by atoms with Gasteiger partial charge in [-0.3, -0.25) is 4.79 Å². The summed E-state index contributed by atoms with van der Waals surface area (Å²) in [7, 11) is 0. The number of rotatable bonds is 4. The van der Waals surface area contributed by atoms with Crippen molar-refractivity contribution in [2.45, 2.75) is 13.8 Å². The molecule has 0 unspecified atom stereocenters. The summed E-state index contributed by atoms with van der Waals surface area (Å²) < 4.78 is 31.3. The van der Waals surface area contributed by atoms with Crippen LogP contribution in [-0.4, -0.2) is 12.4 Å². The number of carbonyl (C=O) groups is 1. The van der Waals surface area contributed by atoms with Crippen molar-refractivity contribution in [3.63, 3.8) is 0 Å². The second-order valence-corrected chi connectivity index (χ2v) is 5.55. The van der Waals surface area contributed by atoms with Crippen LogP contribution in [0.5, 0.6) is 5.75 Å². The molecule has 1 heterocycles. The molecule has 0 aliphatic carbocycles. The number of thiophene rings is 1. The van der Waals surface area contributed by atoms with E-state index in [-0.39, 0.29) is 18.1 Å². The molecule has 0 aliphatic heterocycles. The Balaban J connectivity index is 2.09. The molecule has 19 heavy (non-hydrogen) atoms. The Morgan fingerprint density at radius 1 is 1.32 bits per heavy atom. The smallest absolute Gasteiger partial charge is 0.201 e. The number of hydrogen-bond donors (Lipinski definition) is 0. The van der Waals surface area contributed by atoms with Gasteiger partial charge in [0.1, 0.15) is 0 Å². The van der Waals surface area contributed by atoms with Gasteiger partial charge in [-0.25, -0.2) is 4.39 Å². The van der Waals surface area contributed by atoms with Gasteiger partial charge >= 0.3 is 0 Å². The largest absolute Gasteiger partial charge is 0.482 e. The lowest BCUT2D eigenvalue weighted by Gasteiger charge is -2.06. The Kier molecular flexibility index (Phi) is 3.95. The van der Waals surface area contributed by atoms with Gasteiger partial charge in [0.05, 0.1) is 0 Å². The highest BCUT2D eigenvalue weighted by atomic mass is 32.1. The summed E-state index contributed by atoms with van der Waals surface area (Å²) in [5.74, 6) is -2.57. The molecule has 100 valence electrons. The third-order valence-electron chi connectivity index (χ3n) is 2.62. The SMILES string of the molecule is Cc1cc(C(=O)COc2cccc(F)c2F)c(C)s1. The summed E-state index contributed by atoms with van der Waals surface area (Å²) in [6.45, 7) is 3.44. The zero-order chi connectivity index (χ0) is 14.0. The second kappa shape index (κ2) is 5.48. The van der Waals surface area contributed by atoms with E-state index >= 15 is 0 Å². The molecule has 0 radical (unpaired) electrons. The van der Waals surface area contributed by atoms with E-state index < -0.39 is 11.6 Å². The molecule has 0 N–H and O–H groups in total. The molecule has 0 atom stereocenters. The maximum Gasteiger partial charge on any atom is 0.201 e. The van der Waals surface area contributed by atoms with Crippen LogP contribution in [0.25, 0.3) is 0 Å². The van der Waals surface area contributed by atoms with Crippen molar-refractivity contribution < 1.29 is 18.3 Å². The van der Waals surface area contributed by atoms with Crippen molar-refractivity contribution in [1.29, 1.82) is 0 Å². The summed E-state index contributed by atoms with van der Waals surface area (Å²) >= 11 is 1.51. The van der Waals surface area contributed by atoms with Gasteiger partial charge in [0.25, 0.3) is 0 Å². The van der Waals surface area contributed by atoms with Crippen molar-refractivity contribution in [1.82, 2.24) is 0 Å². The zero-order valence-electron chi connectivity index (χ0n) is 10.5. The summed E-state index contributed by atoms with van der Waals surface area (Å²) in [5.41, 5.74) is 0.569. The number of aryl methyl sites for hydroxylation is 2. The van der Waals surface area contributed by atoms with Crippen LogP contribution in [0, 0.1) is 25.5 Å². The van der Waals surface area contributed by atoms with E-state index in [0.29, 0.717) is 5.56 Å². The van der Waals surface area contributed by atoms with Crippen LogP contribution in [0.4, 0.5) is 8.78 Å². The fourth-order valence-electron chi connectivity index (χ4n) is 1.72. The topological polar surface area (TPSA) is 26.3 Å². The highest BCUT2D eigenvalue weighted by Crippen LogP contribution is 2.22. The third-order valence-corrected chi connectivity index (χ3v) is 3.58. The fraction of sp³-hybridized carbons (Fsp3) is 0.214. The van der Waals surface area contributed by atoms with Crippen molar-refractivity contribution in [3.05, 3.63) is 51.2 Å². The van der Waals surface area contributed by atoms with Crippen LogP contribution < -0.4 is 4.74 Å². The molecule has 0 bridgehead atoms. The quantitative estimate of drug-likeness (QED) is 0.795. The number of ketones is 1. The summed E-state index contributed by atoms with van der Waals surface area (Å²) in [6, 6.07) is 5.39. The lowest BCUT2D eigenvalue weighted by Crippen LogP contribution is -2.12. The number of halogens is 2. The monoisotopic (exact) mass is 282 g/mol. The first-order valence-electron chi connectivity index (χ1n) is 5.66. The normalized spacial score (nSPS) is 10.5. The minimum atomic E-state index is -1.08. The molecule has 2 rings (SSSR count). The number of carbonyl (C=O) groups excluding carboxylic acids is 1. The molecule has 0 saturated heterocycles. The van der Waals surface area contributed by atoms with Gasteiger partial charge in [-0.2, -0.15) is 4.39 Å². The molecule has 1 aromatic carbocycles. The summed E-state index contributed by atoms with van der Waals surface area (Å²) in [5, 5.41) is 0. The summed E-state index contributed by atoms with van der Waals surface area (Å²) in [4.78, 5) is 13.8. The Labute approximate surface area is 113 Å². The van der Waals surface area contributed by atoms with Gasteiger partial charge in [0.15, 0.2) is 18.2 Å². The summed E-state index contributed by atoms with van der Waals surface area (Å²) in [6.07, 6.45) is 0. The van der Waals surface area contributed by atoms with E-state index in [4.69, 9.17) is 4.74 Å². The van der Waals surface area contributed by atoms with E-state index in [1.807, 2.05) is 13.8 Å². The average Bonchev–Trinajstić information content (AvgIpc) is 2.70. The first kappa shape index (κ1) is 13.7. The molecule has 0 fully saturated rings. The van der Waals surface area contributed by atoms with Crippen LogP contribution in [0.2, 0.25) is 0 Å². The van der Waals surface area contributed by atoms with E-state index in [2.05, 4.69) is 0 Å². The minimum Gasteiger partial charge on any atom is -0.482 e. The van der Waals surface area contributed by atoms with Crippen LogP contribution in [0.3, 0.4) is 0 Å². The molecule has 2 aromatic rings. The third kappa shape index (κ3) is 2.98. The molecule has 5 heteroatoms. The fourth-order valence-corrected chi connectivity index (χ4v) is 2.67. The van der Waals surface area contributed by atoms with Gasteiger partial charge < -0.3 is 4.74 Å². The number of benzene rings is 1. The van der Waals surface area contributed by atoms with Crippen molar-refractivity contribution >= 4 is 17.1 Å². The van der Waals surface area contributed by atoms with E-state index in [1.165, 1.54) is 23.5 Å². The van der Waals surface area contributed by atoms with Crippen molar-refractivity contribution in [2.75, 3.05) is 6.61 Å². The molecule has 0 spiro atoms. The van der Waals surface area contributed by atoms with Gasteiger partial charge in [-0.15, -0.1) is 11.3 Å². The highest BCUT2D eigenvalue weighted by molar-refractivity contribution is 7.12. The van der Waals surface area contributed by atoms with Crippen LogP contribution in [0.15, 0.2) is 24.3 Å².